The third-order valence-corrected chi connectivity index (χ3v) is 12.0. The summed E-state index contributed by atoms with van der Waals surface area (Å²) in [4.78, 5) is 19.6. The van der Waals surface area contributed by atoms with Gasteiger partial charge in [0.15, 0.2) is 5.82 Å². The molecule has 2 atom stereocenters. The largest absolute Gasteiger partial charge is 0.508 e. The predicted octanol–water partition coefficient (Wildman–Crippen LogP) is 8.06. The minimum Gasteiger partial charge on any atom is -0.508 e. The minimum atomic E-state index is -0.644. The molecule has 2 aliphatic carbocycles. The summed E-state index contributed by atoms with van der Waals surface area (Å²) in [7, 11) is 1.80. The first-order valence-corrected chi connectivity index (χ1v) is 19.2. The summed E-state index contributed by atoms with van der Waals surface area (Å²) in [5, 5.41) is 12.0. The first-order chi connectivity index (χ1) is 25.4. The van der Waals surface area contributed by atoms with Crippen LogP contribution in [-0.2, 0) is 15.9 Å². The van der Waals surface area contributed by atoms with Gasteiger partial charge >= 0.3 is 0 Å². The highest BCUT2D eigenvalue weighted by Gasteiger charge is 2.50. The Morgan fingerprint density at radius 3 is 2.69 bits per heavy atom. The minimum absolute atomic E-state index is 0.00422. The normalized spacial score (nSPS) is 24.8. The number of ether oxygens (including phenoxy) is 2. The molecule has 0 bridgehead atoms. The molecule has 2 aliphatic heterocycles. The number of aryl methyl sites for hydroxylation is 1. The second-order valence-electron chi connectivity index (χ2n) is 14.8. The number of halogens is 2. The van der Waals surface area contributed by atoms with Crippen molar-refractivity contribution in [3.8, 4) is 29.4 Å². The number of rotatable bonds is 8. The Hall–Kier alpha value is -3.91. The number of nitrogens with zero attached hydrogens (tertiary/aromatic N) is 5. The molecule has 4 aliphatic rings. The van der Waals surface area contributed by atoms with E-state index in [-0.39, 0.29) is 33.5 Å². The van der Waals surface area contributed by atoms with Crippen LogP contribution in [0.1, 0.15) is 83.0 Å². The molecule has 2 aromatic carbocycles. The molecule has 8 rings (SSSR count). The van der Waals surface area contributed by atoms with Gasteiger partial charge < -0.3 is 19.5 Å². The van der Waals surface area contributed by atoms with Crippen LogP contribution in [-0.4, -0.2) is 83.6 Å². The van der Waals surface area contributed by atoms with Gasteiger partial charge in [0.05, 0.1) is 17.6 Å². The molecule has 4 aromatic rings. The molecule has 8 nitrogen and oxygen atoms in total. The molecular formula is C42H51F2N5O3. The Kier molecular flexibility index (Phi) is 10.9. The number of phenols is 1. The highest BCUT2D eigenvalue weighted by Crippen LogP contribution is 2.53. The van der Waals surface area contributed by atoms with Crippen molar-refractivity contribution in [1.82, 2.24) is 19.9 Å². The first-order valence-electron chi connectivity index (χ1n) is 19.2. The summed E-state index contributed by atoms with van der Waals surface area (Å²) >= 11 is 0. The number of benzene rings is 2. The lowest BCUT2D eigenvalue weighted by atomic mass is 9.69. The van der Waals surface area contributed by atoms with E-state index in [1.807, 2.05) is 13.8 Å². The fourth-order valence-electron chi connectivity index (χ4n) is 9.59. The van der Waals surface area contributed by atoms with Crippen LogP contribution >= 0.6 is 0 Å². The van der Waals surface area contributed by atoms with Gasteiger partial charge in [-0.25, -0.2) is 18.7 Å². The summed E-state index contributed by atoms with van der Waals surface area (Å²) in [6.45, 7) is 8.59. The van der Waals surface area contributed by atoms with Gasteiger partial charge in [0.2, 0.25) is 0 Å². The van der Waals surface area contributed by atoms with Crippen molar-refractivity contribution in [2.24, 2.45) is 11.3 Å². The SMILES string of the molecule is C#Cc1c(F)ccc2cc(O)cc(-c3ncc4c(N5CCCOCC5)nc(CCC56CCCC5N(C5CC(COC)C5)CCC6)nc4c3F)c12.CC. The summed E-state index contributed by atoms with van der Waals surface area (Å²) in [5.74, 6) is 3.03. The molecule has 0 radical (unpaired) electrons. The standard InChI is InChI=1S/C40H45F2N5O3.C2H6/c1-3-29-32(41)9-8-26-21-28(48)22-30(35(26)29)37-36(42)38-31(23-43-37)39(46-14-6-17-50-18-16-46)45-34(44-38)10-13-40-11-4-7-33(40)47(15-5-12-40)27-19-25(20-27)24-49-2;1-2/h1,8-9,21-23,25,27,33,48H,4-7,10-20,24H2,2H3;1-2H3. The third-order valence-electron chi connectivity index (χ3n) is 12.0. The molecule has 2 saturated heterocycles. The molecule has 4 heterocycles. The Labute approximate surface area is 305 Å². The smallest absolute Gasteiger partial charge is 0.175 e. The molecule has 10 heteroatoms. The van der Waals surface area contributed by atoms with Crippen molar-refractivity contribution >= 4 is 27.5 Å². The Balaban J connectivity index is 0.00000207. The van der Waals surface area contributed by atoms with Gasteiger partial charge in [0.25, 0.3) is 0 Å². The van der Waals surface area contributed by atoms with Gasteiger partial charge in [0.1, 0.15) is 34.4 Å². The highest BCUT2D eigenvalue weighted by atomic mass is 19.1. The number of terminal acetylenes is 1. The number of hydrogen-bond acceptors (Lipinski definition) is 8. The molecule has 2 saturated carbocycles. The van der Waals surface area contributed by atoms with Crippen molar-refractivity contribution < 1.29 is 23.4 Å². The van der Waals surface area contributed by atoms with Gasteiger partial charge in [-0.3, -0.25) is 9.88 Å². The number of hydrogen-bond donors (Lipinski definition) is 1. The van der Waals surface area contributed by atoms with E-state index in [1.54, 1.807) is 13.3 Å². The number of aromatic hydroxyl groups is 1. The monoisotopic (exact) mass is 711 g/mol. The van der Waals surface area contributed by atoms with E-state index in [4.69, 9.17) is 25.9 Å². The maximum Gasteiger partial charge on any atom is 0.175 e. The predicted molar refractivity (Wildman–Crippen MR) is 202 cm³/mol. The van der Waals surface area contributed by atoms with E-state index in [0.717, 1.165) is 26.0 Å². The van der Waals surface area contributed by atoms with Crippen molar-refractivity contribution in [2.45, 2.75) is 90.1 Å². The van der Waals surface area contributed by atoms with Crippen molar-refractivity contribution in [1.29, 1.82) is 0 Å². The van der Waals surface area contributed by atoms with E-state index in [1.165, 1.54) is 75.8 Å². The van der Waals surface area contributed by atoms with Gasteiger partial charge in [-0.05, 0) is 92.8 Å². The highest BCUT2D eigenvalue weighted by molar-refractivity contribution is 6.03. The van der Waals surface area contributed by atoms with E-state index in [2.05, 4.69) is 20.7 Å². The van der Waals surface area contributed by atoms with E-state index >= 15 is 4.39 Å². The average molecular weight is 712 g/mol. The van der Waals surface area contributed by atoms with Crippen LogP contribution < -0.4 is 4.90 Å². The number of aromatic nitrogens is 3. The van der Waals surface area contributed by atoms with Crippen LogP contribution in [0.4, 0.5) is 14.6 Å². The van der Waals surface area contributed by atoms with Crippen LogP contribution in [0.15, 0.2) is 30.5 Å². The zero-order chi connectivity index (χ0) is 36.4. The first kappa shape index (κ1) is 36.4. The van der Waals surface area contributed by atoms with E-state index in [0.29, 0.717) is 72.0 Å². The van der Waals surface area contributed by atoms with E-state index < -0.39 is 11.6 Å². The molecule has 2 aromatic heterocycles. The third kappa shape index (κ3) is 6.72. The maximum absolute atomic E-state index is 17.0. The quantitative estimate of drug-likeness (QED) is 0.184. The van der Waals surface area contributed by atoms with Gasteiger partial charge in [0, 0.05) is 69.1 Å². The Morgan fingerprint density at radius 1 is 1.06 bits per heavy atom. The number of methoxy groups -OCH3 is 1. The Bertz CT molecular complexity index is 1950. The van der Waals surface area contributed by atoms with Crippen molar-refractivity contribution in [3.63, 3.8) is 0 Å². The van der Waals surface area contributed by atoms with Gasteiger partial charge in [-0.1, -0.05) is 32.3 Å². The molecule has 276 valence electrons. The topological polar surface area (TPSA) is 83.8 Å². The van der Waals surface area contributed by atoms with Crippen molar-refractivity contribution in [3.05, 3.63) is 53.5 Å². The average Bonchev–Trinajstić information content (AvgIpc) is 3.39. The van der Waals surface area contributed by atoms with Crippen LogP contribution in [0, 0.1) is 35.3 Å². The zero-order valence-electron chi connectivity index (χ0n) is 30.8. The van der Waals surface area contributed by atoms with E-state index in [9.17, 15) is 9.50 Å². The zero-order valence-corrected chi connectivity index (χ0v) is 30.8. The summed E-state index contributed by atoms with van der Waals surface area (Å²) in [6.07, 6.45) is 18.3. The molecule has 0 spiro atoms. The number of phenolic OH excluding ortho intramolecular Hbond substituents is 1. The number of anilines is 1. The van der Waals surface area contributed by atoms with Crippen LogP contribution in [0.2, 0.25) is 0 Å². The summed E-state index contributed by atoms with van der Waals surface area (Å²) in [6, 6.07) is 6.87. The number of fused-ring (bicyclic) bond motifs is 3. The lowest BCUT2D eigenvalue weighted by Crippen LogP contribution is -2.57. The van der Waals surface area contributed by atoms with Crippen LogP contribution in [0.25, 0.3) is 32.9 Å². The number of piperidine rings is 1. The molecule has 4 fully saturated rings. The van der Waals surface area contributed by atoms with Crippen molar-refractivity contribution in [2.75, 3.05) is 51.5 Å². The molecule has 2 unspecified atom stereocenters. The lowest BCUT2D eigenvalue weighted by molar-refractivity contribution is -0.0507. The maximum atomic E-state index is 17.0. The Morgan fingerprint density at radius 2 is 1.88 bits per heavy atom. The second kappa shape index (κ2) is 15.6. The second-order valence-corrected chi connectivity index (χ2v) is 14.8. The number of likely N-dealkylation sites (tertiary alicyclic amines) is 1. The van der Waals surface area contributed by atoms with Crippen LogP contribution in [0.5, 0.6) is 5.75 Å². The summed E-state index contributed by atoms with van der Waals surface area (Å²) in [5.41, 5.74) is 0.544. The molecule has 52 heavy (non-hydrogen) atoms. The fraction of sp³-hybridized carbons (Fsp3) is 0.548. The molecule has 0 amide bonds. The summed E-state index contributed by atoms with van der Waals surface area (Å²) < 4.78 is 43.1. The van der Waals surface area contributed by atoms with Gasteiger partial charge in [-0.15, -0.1) is 6.42 Å². The van der Waals surface area contributed by atoms with Gasteiger partial charge in [-0.2, -0.15) is 0 Å². The fourth-order valence-corrected chi connectivity index (χ4v) is 9.59. The van der Waals surface area contributed by atoms with Crippen LogP contribution in [0.3, 0.4) is 0 Å². The lowest BCUT2D eigenvalue weighted by Gasteiger charge is -2.53. The number of pyridine rings is 1. The molecule has 1 N–H and O–H groups in total. The molecular weight excluding hydrogens is 660 g/mol.